The molecule has 2 aromatic carbocycles. The zero-order valence-electron chi connectivity index (χ0n) is 16.1. The topological polar surface area (TPSA) is 52.6 Å². The summed E-state index contributed by atoms with van der Waals surface area (Å²) in [6.45, 7) is 7.67. The van der Waals surface area contributed by atoms with Crippen LogP contribution in [-0.2, 0) is 4.74 Å². The maximum absolute atomic E-state index is 12.2. The summed E-state index contributed by atoms with van der Waals surface area (Å²) in [6.07, 6.45) is 5.35. The van der Waals surface area contributed by atoms with Crippen molar-refractivity contribution in [3.63, 3.8) is 0 Å². The number of hydrogen-bond acceptors (Lipinski definition) is 4. The standard InChI is InChI=1S/C23H24O4/c1-5-16(2)6-9-18(4)26-22(24)19-10-12-20(13-11-19)23(25)27-21-14-7-17(3)8-15-21/h5-15,18H,1-4H3/b9-6-,16-5-. The molecule has 0 aromatic heterocycles. The molecule has 0 N–H and O–H groups in total. The second-order valence-electron chi connectivity index (χ2n) is 6.28. The lowest BCUT2D eigenvalue weighted by Crippen LogP contribution is -2.13. The maximum atomic E-state index is 12.2. The third-order valence-electron chi connectivity index (χ3n) is 3.97. The minimum absolute atomic E-state index is 0.349. The number of ether oxygens (including phenoxy) is 2. The number of carbonyl (C=O) groups is 2. The third kappa shape index (κ3) is 6.26. The second-order valence-corrected chi connectivity index (χ2v) is 6.28. The van der Waals surface area contributed by atoms with Crippen molar-refractivity contribution >= 4 is 11.9 Å². The van der Waals surface area contributed by atoms with E-state index in [9.17, 15) is 9.59 Å². The van der Waals surface area contributed by atoms with Crippen LogP contribution in [0.15, 0.2) is 72.3 Å². The van der Waals surface area contributed by atoms with Crippen LogP contribution in [-0.4, -0.2) is 18.0 Å². The first kappa shape index (κ1) is 20.2. The first-order chi connectivity index (χ1) is 12.9. The van der Waals surface area contributed by atoms with Crippen LogP contribution >= 0.6 is 0 Å². The van der Waals surface area contributed by atoms with Gasteiger partial charge in [-0.3, -0.25) is 0 Å². The van der Waals surface area contributed by atoms with Gasteiger partial charge in [-0.2, -0.15) is 0 Å². The number of benzene rings is 2. The van der Waals surface area contributed by atoms with Gasteiger partial charge in [0, 0.05) is 0 Å². The molecule has 0 saturated heterocycles. The van der Waals surface area contributed by atoms with E-state index in [4.69, 9.17) is 9.47 Å². The van der Waals surface area contributed by atoms with Gasteiger partial charge in [0.15, 0.2) is 0 Å². The Morgan fingerprint density at radius 2 is 1.48 bits per heavy atom. The van der Waals surface area contributed by atoms with Gasteiger partial charge in [-0.15, -0.1) is 0 Å². The van der Waals surface area contributed by atoms with Crippen LogP contribution in [0.3, 0.4) is 0 Å². The smallest absolute Gasteiger partial charge is 0.343 e. The zero-order valence-corrected chi connectivity index (χ0v) is 16.1. The lowest BCUT2D eigenvalue weighted by Gasteiger charge is -2.10. The highest BCUT2D eigenvalue weighted by atomic mass is 16.5. The molecule has 140 valence electrons. The van der Waals surface area contributed by atoms with E-state index in [0.29, 0.717) is 16.9 Å². The molecule has 1 atom stereocenters. The predicted octanol–water partition coefficient (Wildman–Crippen LogP) is 5.28. The maximum Gasteiger partial charge on any atom is 0.343 e. The molecular formula is C23H24O4. The van der Waals surface area contributed by atoms with E-state index in [-0.39, 0.29) is 6.10 Å². The Kier molecular flexibility index (Phi) is 7.12. The van der Waals surface area contributed by atoms with Crippen LogP contribution in [0.25, 0.3) is 0 Å². The Morgan fingerprint density at radius 3 is 2.04 bits per heavy atom. The molecule has 0 aliphatic carbocycles. The normalized spacial score (nSPS) is 12.7. The van der Waals surface area contributed by atoms with Gasteiger partial charge in [0.1, 0.15) is 11.9 Å². The lowest BCUT2D eigenvalue weighted by atomic mass is 10.1. The van der Waals surface area contributed by atoms with Gasteiger partial charge in [-0.25, -0.2) is 9.59 Å². The Labute approximate surface area is 160 Å². The second kappa shape index (κ2) is 9.53. The van der Waals surface area contributed by atoms with Gasteiger partial charge in [0.2, 0.25) is 0 Å². The largest absolute Gasteiger partial charge is 0.455 e. The lowest BCUT2D eigenvalue weighted by molar-refractivity contribution is 0.0424. The van der Waals surface area contributed by atoms with Crippen molar-refractivity contribution in [3.8, 4) is 5.75 Å². The van der Waals surface area contributed by atoms with Crippen molar-refractivity contribution in [2.75, 3.05) is 0 Å². The Hall–Kier alpha value is -3.14. The molecule has 0 saturated carbocycles. The van der Waals surface area contributed by atoms with Crippen LogP contribution in [0.4, 0.5) is 0 Å². The van der Waals surface area contributed by atoms with Crippen LogP contribution in [0.5, 0.6) is 5.75 Å². The summed E-state index contributed by atoms with van der Waals surface area (Å²) >= 11 is 0. The predicted molar refractivity (Wildman–Crippen MR) is 106 cm³/mol. The van der Waals surface area contributed by atoms with Crippen molar-refractivity contribution in [2.45, 2.75) is 33.8 Å². The molecule has 1 unspecified atom stereocenters. The van der Waals surface area contributed by atoms with Crippen LogP contribution < -0.4 is 4.74 Å². The molecule has 4 heteroatoms. The van der Waals surface area contributed by atoms with E-state index in [1.807, 2.05) is 51.1 Å². The highest BCUT2D eigenvalue weighted by Gasteiger charge is 2.13. The van der Waals surface area contributed by atoms with Crippen molar-refractivity contribution in [1.82, 2.24) is 0 Å². The quantitative estimate of drug-likeness (QED) is 0.397. The first-order valence-corrected chi connectivity index (χ1v) is 8.80. The fourth-order valence-corrected chi connectivity index (χ4v) is 2.17. The molecular weight excluding hydrogens is 340 g/mol. The molecule has 0 amide bonds. The van der Waals surface area contributed by atoms with E-state index in [1.165, 1.54) is 0 Å². The number of esters is 2. The molecule has 4 nitrogen and oxygen atoms in total. The summed E-state index contributed by atoms with van der Waals surface area (Å²) in [6, 6.07) is 13.4. The molecule has 27 heavy (non-hydrogen) atoms. The number of aryl methyl sites for hydroxylation is 1. The van der Waals surface area contributed by atoms with Gasteiger partial charge in [0.05, 0.1) is 11.1 Å². The molecule has 0 heterocycles. The number of hydrogen-bond donors (Lipinski definition) is 0. The minimum Gasteiger partial charge on any atom is -0.455 e. The molecule has 0 bridgehead atoms. The average Bonchev–Trinajstić information content (AvgIpc) is 2.67. The van der Waals surface area contributed by atoms with Gasteiger partial charge in [-0.1, -0.05) is 35.4 Å². The van der Waals surface area contributed by atoms with Crippen molar-refractivity contribution in [1.29, 1.82) is 0 Å². The van der Waals surface area contributed by atoms with Crippen molar-refractivity contribution in [2.24, 2.45) is 0 Å². The van der Waals surface area contributed by atoms with Gasteiger partial charge < -0.3 is 9.47 Å². The highest BCUT2D eigenvalue weighted by molar-refractivity contribution is 5.94. The summed E-state index contributed by atoms with van der Waals surface area (Å²) in [5.74, 6) is -0.438. The summed E-state index contributed by atoms with van der Waals surface area (Å²) in [4.78, 5) is 24.4. The first-order valence-electron chi connectivity index (χ1n) is 8.80. The Balaban J connectivity index is 1.97. The van der Waals surface area contributed by atoms with E-state index in [1.54, 1.807) is 43.3 Å². The molecule has 2 aromatic rings. The minimum atomic E-state index is -0.475. The average molecular weight is 364 g/mol. The van der Waals surface area contributed by atoms with Crippen molar-refractivity contribution in [3.05, 3.63) is 89.0 Å². The van der Waals surface area contributed by atoms with Gasteiger partial charge in [0.25, 0.3) is 0 Å². The summed E-state index contributed by atoms with van der Waals surface area (Å²) < 4.78 is 10.7. The van der Waals surface area contributed by atoms with Crippen LogP contribution in [0, 0.1) is 6.92 Å². The number of carbonyl (C=O) groups excluding carboxylic acids is 2. The highest BCUT2D eigenvalue weighted by Crippen LogP contribution is 2.15. The summed E-state index contributed by atoms with van der Waals surface area (Å²) in [5, 5.41) is 0. The van der Waals surface area contributed by atoms with Crippen molar-refractivity contribution < 1.29 is 19.1 Å². The fourth-order valence-electron chi connectivity index (χ4n) is 2.17. The third-order valence-corrected chi connectivity index (χ3v) is 3.97. The van der Waals surface area contributed by atoms with Gasteiger partial charge in [-0.05, 0) is 70.2 Å². The summed E-state index contributed by atoms with van der Waals surface area (Å²) in [7, 11) is 0. The molecule has 0 aliphatic rings. The van der Waals surface area contributed by atoms with Crippen LogP contribution in [0.1, 0.15) is 47.1 Å². The molecule has 0 fully saturated rings. The Morgan fingerprint density at radius 1 is 0.926 bits per heavy atom. The SMILES string of the molecule is C/C=C(C)\C=C/C(C)OC(=O)c1ccc(C(=O)Oc2ccc(C)cc2)cc1. The number of allylic oxidation sites excluding steroid dienone is 3. The molecule has 0 spiro atoms. The monoisotopic (exact) mass is 364 g/mol. The number of rotatable bonds is 6. The molecule has 2 rings (SSSR count). The Bertz CT molecular complexity index is 843. The summed E-state index contributed by atoms with van der Waals surface area (Å²) in [5.41, 5.74) is 2.92. The van der Waals surface area contributed by atoms with E-state index in [0.717, 1.165) is 11.1 Å². The van der Waals surface area contributed by atoms with E-state index < -0.39 is 11.9 Å². The zero-order chi connectivity index (χ0) is 19.8. The molecule has 0 radical (unpaired) electrons. The van der Waals surface area contributed by atoms with Crippen LogP contribution in [0.2, 0.25) is 0 Å². The van der Waals surface area contributed by atoms with E-state index >= 15 is 0 Å². The fraction of sp³-hybridized carbons (Fsp3) is 0.217. The van der Waals surface area contributed by atoms with Gasteiger partial charge >= 0.3 is 11.9 Å². The van der Waals surface area contributed by atoms with E-state index in [2.05, 4.69) is 0 Å². The molecule has 0 aliphatic heterocycles.